The Labute approximate surface area is 264 Å². The van der Waals surface area contributed by atoms with Crippen LogP contribution in [0.4, 0.5) is 17.6 Å². The molecule has 0 saturated carbocycles. The normalized spacial score (nSPS) is 19.5. The molecule has 2 atom stereocenters. The van der Waals surface area contributed by atoms with Gasteiger partial charge in [-0.15, -0.1) is 13.2 Å². The van der Waals surface area contributed by atoms with E-state index in [9.17, 15) is 27.6 Å². The number of amides is 1. The van der Waals surface area contributed by atoms with E-state index in [0.717, 1.165) is 5.56 Å². The predicted molar refractivity (Wildman–Crippen MR) is 161 cm³/mol. The zero-order valence-electron chi connectivity index (χ0n) is 25.3. The molecule has 2 saturated heterocycles. The second-order valence-electron chi connectivity index (χ2n) is 11.7. The number of hydrogen-bond donors (Lipinski definition) is 0. The van der Waals surface area contributed by atoms with Gasteiger partial charge in [-0.1, -0.05) is 12.1 Å². The van der Waals surface area contributed by atoms with Gasteiger partial charge < -0.3 is 14.4 Å². The Balaban J connectivity index is 1.05. The number of benzene rings is 2. The van der Waals surface area contributed by atoms with E-state index in [-0.39, 0.29) is 48.0 Å². The Bertz CT molecular complexity index is 1510. The summed E-state index contributed by atoms with van der Waals surface area (Å²) in [5.41, 5.74) is 1.89. The molecule has 12 heteroatoms. The van der Waals surface area contributed by atoms with Crippen molar-refractivity contribution in [1.82, 2.24) is 14.8 Å². The molecule has 3 aromatic rings. The first-order chi connectivity index (χ1) is 21.9. The van der Waals surface area contributed by atoms with Gasteiger partial charge in [0.2, 0.25) is 0 Å². The molecule has 46 heavy (non-hydrogen) atoms. The Morgan fingerprint density at radius 3 is 2.11 bits per heavy atom. The fourth-order valence-electron chi connectivity index (χ4n) is 5.79. The van der Waals surface area contributed by atoms with Crippen molar-refractivity contribution in [2.75, 3.05) is 26.2 Å². The highest BCUT2D eigenvalue weighted by molar-refractivity contribution is 5.97. The molecular weight excluding hydrogens is 606 g/mol. The average molecular weight is 642 g/mol. The van der Waals surface area contributed by atoms with E-state index in [2.05, 4.69) is 9.72 Å². The van der Waals surface area contributed by atoms with Crippen LogP contribution in [0.5, 0.6) is 11.5 Å². The molecule has 1 aromatic heterocycles. The third-order valence-corrected chi connectivity index (χ3v) is 8.37. The number of aromatic nitrogens is 1. The summed E-state index contributed by atoms with van der Waals surface area (Å²) in [6.07, 6.45) is -2.95. The first-order valence-corrected chi connectivity index (χ1v) is 15.2. The zero-order chi connectivity index (χ0) is 32.8. The quantitative estimate of drug-likeness (QED) is 0.190. The number of pyridine rings is 1. The predicted octanol–water partition coefficient (Wildman–Crippen LogP) is 6.30. The smallest absolute Gasteiger partial charge is 0.490 e. The molecular formula is C34H35F4N3O5. The van der Waals surface area contributed by atoms with E-state index in [1.807, 2.05) is 4.90 Å². The second-order valence-corrected chi connectivity index (χ2v) is 11.7. The van der Waals surface area contributed by atoms with Crippen LogP contribution in [0.15, 0.2) is 66.9 Å². The number of carbonyl (C=O) groups excluding carboxylic acids is 3. The summed E-state index contributed by atoms with van der Waals surface area (Å²) < 4.78 is 62.1. The third-order valence-electron chi connectivity index (χ3n) is 8.37. The van der Waals surface area contributed by atoms with Crippen molar-refractivity contribution in [1.29, 1.82) is 0 Å². The van der Waals surface area contributed by atoms with Gasteiger partial charge in [-0.25, -0.2) is 4.39 Å². The lowest BCUT2D eigenvalue weighted by Gasteiger charge is -2.34. The van der Waals surface area contributed by atoms with Crippen molar-refractivity contribution in [3.05, 3.63) is 89.2 Å². The largest absolute Gasteiger partial charge is 0.573 e. The van der Waals surface area contributed by atoms with Gasteiger partial charge in [0.25, 0.3) is 5.91 Å². The number of likely N-dealkylation sites (tertiary alicyclic amines) is 2. The zero-order valence-corrected chi connectivity index (χ0v) is 25.3. The van der Waals surface area contributed by atoms with E-state index in [1.54, 1.807) is 35.2 Å². The first-order valence-electron chi connectivity index (χ1n) is 15.2. The highest BCUT2D eigenvalue weighted by Crippen LogP contribution is 2.28. The molecule has 244 valence electrons. The fraction of sp³-hybridized carbons (Fsp3) is 0.412. The van der Waals surface area contributed by atoms with Crippen LogP contribution in [0.1, 0.15) is 69.4 Å². The number of Topliss-reactive ketones (excluding diaryl/α,β-unsaturated/α-hetero) is 2. The Morgan fingerprint density at radius 2 is 1.52 bits per heavy atom. The number of carbonyl (C=O) groups is 3. The Hall–Kier alpha value is -4.32. The molecule has 2 aromatic carbocycles. The molecule has 1 amide bonds. The summed E-state index contributed by atoms with van der Waals surface area (Å²) in [7, 11) is 0. The van der Waals surface area contributed by atoms with Crippen molar-refractivity contribution in [3.63, 3.8) is 0 Å². The SMILES string of the molecule is CC(=O)c1ccc(OC2CCN(C(=O)c3ccc(C(=O)CC4CCN(Cc5ccc(OC(F)(F)F)cc5)C[C@H]4F)cn3)CC2)cc1. The van der Waals surface area contributed by atoms with Crippen molar-refractivity contribution in [2.24, 2.45) is 5.92 Å². The highest BCUT2D eigenvalue weighted by atomic mass is 19.4. The van der Waals surface area contributed by atoms with E-state index >= 15 is 4.39 Å². The van der Waals surface area contributed by atoms with Crippen LogP contribution in [0.2, 0.25) is 0 Å². The van der Waals surface area contributed by atoms with Crippen molar-refractivity contribution in [2.45, 2.75) is 57.8 Å². The molecule has 8 nitrogen and oxygen atoms in total. The Kier molecular flexibility index (Phi) is 10.4. The van der Waals surface area contributed by atoms with Crippen molar-refractivity contribution < 1.29 is 41.4 Å². The summed E-state index contributed by atoms with van der Waals surface area (Å²) in [5, 5.41) is 0. The van der Waals surface area contributed by atoms with Gasteiger partial charge in [-0.3, -0.25) is 24.3 Å². The second kappa shape index (κ2) is 14.4. The number of ketones is 2. The van der Waals surface area contributed by atoms with Crippen LogP contribution in [0.3, 0.4) is 0 Å². The number of alkyl halides is 4. The summed E-state index contributed by atoms with van der Waals surface area (Å²) in [6.45, 7) is 3.51. The van der Waals surface area contributed by atoms with Gasteiger partial charge in [0.15, 0.2) is 11.6 Å². The average Bonchev–Trinajstić information content (AvgIpc) is 3.03. The molecule has 0 spiro atoms. The van der Waals surface area contributed by atoms with Crippen LogP contribution in [0.25, 0.3) is 0 Å². The minimum Gasteiger partial charge on any atom is -0.490 e. The number of rotatable bonds is 10. The molecule has 2 fully saturated rings. The van der Waals surface area contributed by atoms with Crippen LogP contribution >= 0.6 is 0 Å². The summed E-state index contributed by atoms with van der Waals surface area (Å²) in [5.74, 6) is -0.604. The molecule has 5 rings (SSSR count). The highest BCUT2D eigenvalue weighted by Gasteiger charge is 2.33. The van der Waals surface area contributed by atoms with Gasteiger partial charge in [0, 0.05) is 62.8 Å². The monoisotopic (exact) mass is 641 g/mol. The van der Waals surface area contributed by atoms with Gasteiger partial charge in [0.05, 0.1) is 0 Å². The molecule has 0 N–H and O–H groups in total. The van der Waals surface area contributed by atoms with Crippen molar-refractivity contribution in [3.8, 4) is 11.5 Å². The van der Waals surface area contributed by atoms with Gasteiger partial charge in [-0.05, 0) is 79.9 Å². The number of halogens is 4. The maximum absolute atomic E-state index is 15.1. The standard InChI is InChI=1S/C34H35F4N3O5/c1-22(42)24-4-9-27(10-5-24)45-28-13-16-41(17-14-28)33(44)31-11-6-26(19-39-31)32(43)18-25-12-15-40(21-30(25)35)20-23-2-7-29(8-3-23)46-34(36,37)38/h2-11,19,25,28,30H,12-18,20-21H2,1H3/t25?,30-/m1/s1. The molecule has 1 unspecified atom stereocenters. The summed E-state index contributed by atoms with van der Waals surface area (Å²) >= 11 is 0. The van der Waals surface area contributed by atoms with E-state index in [4.69, 9.17) is 4.74 Å². The molecule has 0 radical (unpaired) electrons. The lowest BCUT2D eigenvalue weighted by Crippen LogP contribution is -2.42. The fourth-order valence-corrected chi connectivity index (χ4v) is 5.79. The van der Waals surface area contributed by atoms with Crippen LogP contribution in [-0.2, 0) is 6.54 Å². The lowest BCUT2D eigenvalue weighted by atomic mass is 9.88. The van der Waals surface area contributed by atoms with Crippen molar-refractivity contribution >= 4 is 17.5 Å². The topological polar surface area (TPSA) is 89.0 Å². The third kappa shape index (κ3) is 8.90. The van der Waals surface area contributed by atoms with E-state index in [1.165, 1.54) is 43.5 Å². The van der Waals surface area contributed by atoms with Gasteiger partial charge >= 0.3 is 6.36 Å². The minimum absolute atomic E-state index is 0.0118. The molecule has 0 aliphatic carbocycles. The number of hydrogen-bond acceptors (Lipinski definition) is 7. The molecule has 0 bridgehead atoms. The maximum atomic E-state index is 15.1. The Morgan fingerprint density at radius 1 is 0.870 bits per heavy atom. The van der Waals surface area contributed by atoms with Crippen LogP contribution in [0, 0.1) is 5.92 Å². The first kappa shape index (κ1) is 33.1. The van der Waals surface area contributed by atoms with Gasteiger partial charge in [-0.2, -0.15) is 0 Å². The number of piperidine rings is 2. The van der Waals surface area contributed by atoms with Crippen LogP contribution in [-0.4, -0.2) is 77.1 Å². The molecule has 2 aliphatic heterocycles. The summed E-state index contributed by atoms with van der Waals surface area (Å²) in [4.78, 5) is 45.3. The lowest BCUT2D eigenvalue weighted by molar-refractivity contribution is -0.274. The number of ether oxygens (including phenoxy) is 2. The maximum Gasteiger partial charge on any atom is 0.573 e. The molecule has 3 heterocycles. The summed E-state index contributed by atoms with van der Waals surface area (Å²) in [6, 6.07) is 15.6. The molecule has 2 aliphatic rings. The van der Waals surface area contributed by atoms with E-state index in [0.29, 0.717) is 62.3 Å². The van der Waals surface area contributed by atoms with Crippen LogP contribution < -0.4 is 9.47 Å². The number of nitrogens with zero attached hydrogens (tertiary/aromatic N) is 3. The minimum atomic E-state index is -4.76. The van der Waals surface area contributed by atoms with Gasteiger partial charge in [0.1, 0.15) is 29.5 Å². The van der Waals surface area contributed by atoms with E-state index < -0.39 is 18.5 Å².